The molecule has 296 valence electrons. The molecule has 14 heteroatoms. The minimum atomic E-state index is -1.01. The van der Waals surface area contributed by atoms with Crippen LogP contribution in [0.25, 0.3) is 0 Å². The summed E-state index contributed by atoms with van der Waals surface area (Å²) in [5, 5.41) is 28.7. The maximum absolute atomic E-state index is 14.3. The van der Waals surface area contributed by atoms with Crippen molar-refractivity contribution in [2.24, 2.45) is 0 Å². The summed E-state index contributed by atoms with van der Waals surface area (Å²) in [7, 11) is 3.49. The molecule has 4 aliphatic rings. The number of amides is 2. The Bertz CT molecular complexity index is 2110. The lowest BCUT2D eigenvalue weighted by molar-refractivity contribution is -0.132. The number of esters is 1. The van der Waals surface area contributed by atoms with Crippen LogP contribution in [0.4, 0.5) is 4.79 Å². The van der Waals surface area contributed by atoms with Gasteiger partial charge in [-0.3, -0.25) is 19.4 Å². The van der Waals surface area contributed by atoms with Crippen molar-refractivity contribution < 1.29 is 43.2 Å². The zero-order valence-electron chi connectivity index (χ0n) is 33.0. The van der Waals surface area contributed by atoms with Gasteiger partial charge in [-0.1, -0.05) is 36.4 Å². The number of hydrogen-bond acceptors (Lipinski definition) is 12. The van der Waals surface area contributed by atoms with Crippen LogP contribution in [0.1, 0.15) is 78.7 Å². The van der Waals surface area contributed by atoms with Crippen LogP contribution in [0.3, 0.4) is 0 Å². The summed E-state index contributed by atoms with van der Waals surface area (Å²) in [6, 6.07) is 10.4. The lowest BCUT2D eigenvalue weighted by atomic mass is 9.71. The predicted octanol–water partition coefficient (Wildman–Crippen LogP) is 4.70. The van der Waals surface area contributed by atoms with Gasteiger partial charge in [0.25, 0.3) is 0 Å². The molecule has 3 aromatic carbocycles. The van der Waals surface area contributed by atoms with Crippen molar-refractivity contribution in [1.82, 2.24) is 20.4 Å². The summed E-state index contributed by atoms with van der Waals surface area (Å²) >= 11 is 0. The van der Waals surface area contributed by atoms with Crippen molar-refractivity contribution in [1.29, 1.82) is 5.26 Å². The van der Waals surface area contributed by atoms with Crippen molar-refractivity contribution in [3.63, 3.8) is 0 Å². The Balaban J connectivity index is 1.35. The third kappa shape index (κ3) is 6.83. The number of benzene rings is 3. The number of carbonyl (C=O) groups excluding carboxylic acids is 3. The minimum Gasteiger partial charge on any atom is -0.504 e. The summed E-state index contributed by atoms with van der Waals surface area (Å²) in [5.74, 6) is 0.663. The third-order valence-electron chi connectivity index (χ3n) is 11.3. The zero-order valence-corrected chi connectivity index (χ0v) is 33.0. The second kappa shape index (κ2) is 14.9. The van der Waals surface area contributed by atoms with Crippen LogP contribution in [0, 0.1) is 25.2 Å². The number of phenols is 1. The number of phenolic OH excluding ortho intramolecular Hbond substituents is 1. The molecule has 4 heterocycles. The molecule has 2 amide bonds. The summed E-state index contributed by atoms with van der Waals surface area (Å²) in [5.41, 5.74) is 4.39. The van der Waals surface area contributed by atoms with Gasteiger partial charge in [-0.05, 0) is 71.2 Å². The normalized spacial score (nSPS) is 22.7. The first-order chi connectivity index (χ1) is 26.6. The van der Waals surface area contributed by atoms with Gasteiger partial charge in [-0.2, -0.15) is 5.26 Å². The lowest BCUT2D eigenvalue weighted by Crippen LogP contribution is -2.69. The fraction of sp³-hybridized carbons (Fsp3) is 0.476. The Morgan fingerprint density at radius 2 is 1.77 bits per heavy atom. The van der Waals surface area contributed by atoms with Crippen molar-refractivity contribution >= 4 is 18.0 Å². The lowest BCUT2D eigenvalue weighted by Gasteiger charge is -2.60. The molecule has 3 aromatic rings. The van der Waals surface area contributed by atoms with Crippen molar-refractivity contribution in [2.75, 3.05) is 27.5 Å². The molecule has 6 atom stereocenters. The van der Waals surface area contributed by atoms with Gasteiger partial charge in [-0.15, -0.1) is 0 Å². The SMILES string of the molecule is COc1c(C)cc2c(c1O)[C@@H]1C3Cc4c(OC(C)=O)c(C)c5c(c4[C@H](CNC(=O)[C@H](Cc4ccccc4)NC(=O)OC(C)(C)C)N3[C@@H](C#N)[C@@H](C2)N1C)OCO5. The number of alkyl carbamates (subject to hydrolysis) is 1. The number of nitriles is 1. The molecule has 0 radical (unpaired) electrons. The van der Waals surface area contributed by atoms with Crippen LogP contribution in [0.2, 0.25) is 0 Å². The molecule has 1 saturated heterocycles. The van der Waals surface area contributed by atoms with E-state index >= 15 is 0 Å². The first kappa shape index (κ1) is 38.7. The Hall–Kier alpha value is -5.52. The van der Waals surface area contributed by atoms with Gasteiger partial charge >= 0.3 is 12.1 Å². The predicted molar refractivity (Wildman–Crippen MR) is 204 cm³/mol. The van der Waals surface area contributed by atoms with Gasteiger partial charge in [0.15, 0.2) is 23.0 Å². The number of likely N-dealkylation sites (N-methyl/N-ethyl adjacent to an activating group) is 1. The molecule has 1 unspecified atom stereocenters. The average molecular weight is 768 g/mol. The van der Waals surface area contributed by atoms with E-state index in [-0.39, 0.29) is 31.5 Å². The second-order valence-electron chi connectivity index (χ2n) is 16.0. The molecule has 2 bridgehead atoms. The molecular formula is C42H49N5O9. The summed E-state index contributed by atoms with van der Waals surface area (Å²) in [6.07, 6.45) is 0.250. The molecule has 0 saturated carbocycles. The minimum absolute atomic E-state index is 0.0145. The van der Waals surface area contributed by atoms with E-state index in [0.29, 0.717) is 58.1 Å². The fourth-order valence-corrected chi connectivity index (χ4v) is 9.14. The van der Waals surface area contributed by atoms with E-state index in [1.54, 1.807) is 20.8 Å². The fourth-order valence-electron chi connectivity index (χ4n) is 9.14. The Morgan fingerprint density at radius 1 is 1.05 bits per heavy atom. The number of rotatable bonds is 8. The molecule has 0 spiro atoms. The van der Waals surface area contributed by atoms with E-state index < -0.39 is 53.8 Å². The molecule has 4 aliphatic heterocycles. The number of carbonyl (C=O) groups is 3. The van der Waals surface area contributed by atoms with Gasteiger partial charge in [-0.25, -0.2) is 4.79 Å². The number of nitrogens with zero attached hydrogens (tertiary/aromatic N) is 3. The van der Waals surface area contributed by atoms with Gasteiger partial charge in [0.1, 0.15) is 23.4 Å². The number of piperazine rings is 1. The number of aromatic hydroxyl groups is 1. The summed E-state index contributed by atoms with van der Waals surface area (Å²) in [4.78, 5) is 44.3. The van der Waals surface area contributed by atoms with E-state index in [9.17, 15) is 24.8 Å². The maximum atomic E-state index is 14.3. The monoisotopic (exact) mass is 767 g/mol. The molecular weight excluding hydrogens is 718 g/mol. The first-order valence-electron chi connectivity index (χ1n) is 18.9. The molecule has 0 aromatic heterocycles. The van der Waals surface area contributed by atoms with E-state index in [0.717, 1.165) is 16.7 Å². The largest absolute Gasteiger partial charge is 0.504 e. The number of ether oxygens (including phenoxy) is 5. The number of methoxy groups -OCH3 is 1. The van der Waals surface area contributed by atoms with Gasteiger partial charge in [0.05, 0.1) is 25.3 Å². The smallest absolute Gasteiger partial charge is 0.408 e. The molecule has 3 N–H and O–H groups in total. The zero-order chi connectivity index (χ0) is 40.2. The van der Waals surface area contributed by atoms with E-state index in [1.165, 1.54) is 14.0 Å². The first-order valence-corrected chi connectivity index (χ1v) is 18.9. The number of nitrogens with one attached hydrogen (secondary N) is 2. The van der Waals surface area contributed by atoms with Gasteiger partial charge in [0, 0.05) is 54.2 Å². The van der Waals surface area contributed by atoms with Crippen LogP contribution >= 0.6 is 0 Å². The van der Waals surface area contributed by atoms with Crippen molar-refractivity contribution in [2.45, 2.75) is 103 Å². The molecule has 1 fully saturated rings. The molecule has 14 nitrogen and oxygen atoms in total. The van der Waals surface area contributed by atoms with Crippen molar-refractivity contribution in [3.05, 3.63) is 75.3 Å². The van der Waals surface area contributed by atoms with E-state index in [4.69, 9.17) is 23.7 Å². The van der Waals surface area contributed by atoms with Crippen LogP contribution in [-0.4, -0.2) is 90.1 Å². The Morgan fingerprint density at radius 3 is 2.43 bits per heavy atom. The van der Waals surface area contributed by atoms with E-state index in [2.05, 4.69) is 26.5 Å². The highest BCUT2D eigenvalue weighted by Gasteiger charge is 2.57. The topological polar surface area (TPSA) is 172 Å². The quantitative estimate of drug-likeness (QED) is 0.214. The highest BCUT2D eigenvalue weighted by Crippen LogP contribution is 2.58. The third-order valence-corrected chi connectivity index (χ3v) is 11.3. The van der Waals surface area contributed by atoms with Gasteiger partial charge < -0.3 is 39.4 Å². The Kier molecular flexibility index (Phi) is 10.3. The highest BCUT2D eigenvalue weighted by molar-refractivity contribution is 5.86. The van der Waals surface area contributed by atoms with Crippen LogP contribution < -0.4 is 29.6 Å². The van der Waals surface area contributed by atoms with Crippen LogP contribution in [-0.2, 0) is 33.6 Å². The highest BCUT2D eigenvalue weighted by atomic mass is 16.7. The number of fused-ring (bicyclic) bond motifs is 9. The Labute approximate surface area is 326 Å². The molecule has 56 heavy (non-hydrogen) atoms. The summed E-state index contributed by atoms with van der Waals surface area (Å²) < 4.78 is 29.3. The van der Waals surface area contributed by atoms with E-state index in [1.807, 2.05) is 57.3 Å². The molecule has 7 rings (SSSR count). The standard InChI is InChI=1S/C42H49N5O9/c1-21-14-25-16-28-30(18-43)47-29(34(46(28)7)32(25)35(49)36(21)52-8)17-26-33(39-38(53-20-54-39)22(2)37(26)55-23(3)48)31(47)19-44-40(50)27(15-24-12-10-9-11-13-24)45-41(51)56-42(4,5)6/h9-14,27-31,34,49H,15-17,19-20H2,1-8H3,(H,44,50)(H,45,51)/t27-,28+,29?,30-,31-,34-/m0/s1. The molecule has 0 aliphatic carbocycles. The van der Waals surface area contributed by atoms with Gasteiger partial charge in [0.2, 0.25) is 12.7 Å². The van der Waals surface area contributed by atoms with Crippen molar-refractivity contribution in [3.8, 4) is 34.8 Å². The van der Waals surface area contributed by atoms with Crippen LogP contribution in [0.5, 0.6) is 28.7 Å². The van der Waals surface area contributed by atoms with Crippen LogP contribution in [0.15, 0.2) is 36.4 Å². The second-order valence-corrected chi connectivity index (χ2v) is 16.0. The number of aryl methyl sites for hydroxylation is 1. The maximum Gasteiger partial charge on any atom is 0.408 e. The number of hydrogen-bond donors (Lipinski definition) is 3. The average Bonchev–Trinajstić information content (AvgIpc) is 3.62. The summed E-state index contributed by atoms with van der Waals surface area (Å²) in [6.45, 7) is 10.2.